The Balaban J connectivity index is 0.00000441. The van der Waals surface area contributed by atoms with Crippen molar-refractivity contribution in [1.82, 2.24) is 20.4 Å². The van der Waals surface area contributed by atoms with E-state index in [9.17, 15) is 14.4 Å². The molecule has 2 aromatic rings. The summed E-state index contributed by atoms with van der Waals surface area (Å²) in [4.78, 5) is 43.2. The highest BCUT2D eigenvalue weighted by Gasteiger charge is 2.52. The van der Waals surface area contributed by atoms with Crippen LogP contribution in [-0.2, 0) is 27.4 Å². The van der Waals surface area contributed by atoms with Crippen LogP contribution in [0, 0.1) is 0 Å². The maximum Gasteiger partial charge on any atom is 0.407 e. The molecule has 2 saturated heterocycles. The molecule has 0 aromatic heterocycles. The molecule has 0 aliphatic carbocycles. The van der Waals surface area contributed by atoms with Crippen molar-refractivity contribution in [2.45, 2.75) is 70.1 Å². The molecule has 1 atom stereocenters. The Kier molecular flexibility index (Phi) is 12.3. The SMILES string of the molecule is CCCN1C(=O)[C@H](CCCCNC(=O)OCc2ccccc2)NC(=O)C12CCN(CCc1ccccc1)CC2.Cl. The van der Waals surface area contributed by atoms with Crippen LogP contribution >= 0.6 is 12.4 Å². The summed E-state index contributed by atoms with van der Waals surface area (Å²) in [6, 6.07) is 19.5. The predicted molar refractivity (Wildman–Crippen MR) is 158 cm³/mol. The molecule has 218 valence electrons. The molecule has 0 radical (unpaired) electrons. The molecule has 2 aliphatic rings. The maximum absolute atomic E-state index is 13.5. The number of nitrogens with zero attached hydrogens (tertiary/aromatic N) is 2. The summed E-state index contributed by atoms with van der Waals surface area (Å²) in [5, 5.41) is 5.83. The molecule has 2 fully saturated rings. The third-order valence-electron chi connectivity index (χ3n) is 7.90. The van der Waals surface area contributed by atoms with E-state index in [1.807, 2.05) is 41.3 Å². The summed E-state index contributed by atoms with van der Waals surface area (Å²) in [6.07, 6.45) is 4.67. The zero-order valence-electron chi connectivity index (χ0n) is 23.5. The number of hydrogen-bond donors (Lipinski definition) is 2. The van der Waals surface area contributed by atoms with Crippen molar-refractivity contribution >= 4 is 30.3 Å². The van der Waals surface area contributed by atoms with Crippen molar-refractivity contribution in [3.05, 3.63) is 71.8 Å². The largest absolute Gasteiger partial charge is 0.445 e. The van der Waals surface area contributed by atoms with Gasteiger partial charge in [-0.2, -0.15) is 0 Å². The summed E-state index contributed by atoms with van der Waals surface area (Å²) in [6.45, 7) is 5.93. The summed E-state index contributed by atoms with van der Waals surface area (Å²) in [5.41, 5.74) is 1.52. The molecule has 2 aromatic carbocycles. The first-order valence-electron chi connectivity index (χ1n) is 14.3. The fourth-order valence-electron chi connectivity index (χ4n) is 5.63. The van der Waals surface area contributed by atoms with Crippen LogP contribution in [0.25, 0.3) is 0 Å². The number of benzene rings is 2. The minimum Gasteiger partial charge on any atom is -0.445 e. The lowest BCUT2D eigenvalue weighted by Gasteiger charge is -2.51. The molecule has 9 heteroatoms. The quantitative estimate of drug-likeness (QED) is 0.371. The Bertz CT molecular complexity index is 1080. The second-order valence-corrected chi connectivity index (χ2v) is 10.6. The average molecular weight is 571 g/mol. The lowest BCUT2D eigenvalue weighted by molar-refractivity contribution is -0.161. The first-order chi connectivity index (χ1) is 19.0. The molecular formula is C31H43ClN4O4. The van der Waals surface area contributed by atoms with Gasteiger partial charge in [0.2, 0.25) is 11.8 Å². The van der Waals surface area contributed by atoms with Crippen LogP contribution in [0.15, 0.2) is 60.7 Å². The topological polar surface area (TPSA) is 91.0 Å². The van der Waals surface area contributed by atoms with Crippen molar-refractivity contribution in [1.29, 1.82) is 0 Å². The Morgan fingerprint density at radius 2 is 1.62 bits per heavy atom. The molecule has 40 heavy (non-hydrogen) atoms. The molecular weight excluding hydrogens is 528 g/mol. The van der Waals surface area contributed by atoms with Gasteiger partial charge in [-0.05, 0) is 56.1 Å². The molecule has 2 aliphatic heterocycles. The van der Waals surface area contributed by atoms with Crippen LogP contribution in [0.4, 0.5) is 4.79 Å². The van der Waals surface area contributed by atoms with E-state index in [-0.39, 0.29) is 30.8 Å². The zero-order valence-corrected chi connectivity index (χ0v) is 24.3. The summed E-state index contributed by atoms with van der Waals surface area (Å²) in [5.74, 6) is 0.0234. The number of hydrogen-bond acceptors (Lipinski definition) is 5. The van der Waals surface area contributed by atoms with Gasteiger partial charge in [0.05, 0.1) is 0 Å². The van der Waals surface area contributed by atoms with Crippen LogP contribution < -0.4 is 10.6 Å². The van der Waals surface area contributed by atoms with E-state index in [0.29, 0.717) is 38.8 Å². The Hall–Kier alpha value is -3.10. The molecule has 0 saturated carbocycles. The lowest BCUT2D eigenvalue weighted by atomic mass is 9.81. The maximum atomic E-state index is 13.5. The van der Waals surface area contributed by atoms with Gasteiger partial charge in [0.1, 0.15) is 18.2 Å². The molecule has 0 unspecified atom stereocenters. The molecule has 2 heterocycles. The number of piperazine rings is 1. The molecule has 2 N–H and O–H groups in total. The van der Waals surface area contributed by atoms with Gasteiger partial charge in [-0.15, -0.1) is 12.4 Å². The number of halogens is 1. The highest BCUT2D eigenvalue weighted by molar-refractivity contribution is 6.00. The second-order valence-electron chi connectivity index (χ2n) is 10.6. The lowest BCUT2D eigenvalue weighted by Crippen LogP contribution is -2.72. The smallest absolute Gasteiger partial charge is 0.407 e. The highest BCUT2D eigenvalue weighted by atomic mass is 35.5. The van der Waals surface area contributed by atoms with Gasteiger partial charge in [-0.3, -0.25) is 9.59 Å². The standard InChI is InChI=1S/C31H42N4O4.ClH/c1-2-20-35-28(36)27(15-9-10-19-32-30(38)39-24-26-13-7-4-8-14-26)33-29(37)31(35)17-22-34(23-18-31)21-16-25-11-5-3-6-12-25;/h3-8,11-14,27H,2,9-10,15-24H2,1H3,(H,32,38)(H,33,37);1H/t27-;/m0./s1. The number of piperidine rings is 1. The van der Waals surface area contributed by atoms with Gasteiger partial charge >= 0.3 is 6.09 Å². The van der Waals surface area contributed by atoms with Crippen molar-refractivity contribution in [3.8, 4) is 0 Å². The summed E-state index contributed by atoms with van der Waals surface area (Å²) in [7, 11) is 0. The van der Waals surface area contributed by atoms with E-state index < -0.39 is 17.7 Å². The third-order valence-corrected chi connectivity index (χ3v) is 7.90. The van der Waals surface area contributed by atoms with Crippen molar-refractivity contribution in [3.63, 3.8) is 0 Å². The number of unbranched alkanes of at least 4 members (excludes halogenated alkanes) is 1. The van der Waals surface area contributed by atoms with Crippen LogP contribution in [0.5, 0.6) is 0 Å². The minimum atomic E-state index is -0.739. The van der Waals surface area contributed by atoms with E-state index in [2.05, 4.69) is 46.7 Å². The first kappa shape index (κ1) is 31.4. The summed E-state index contributed by atoms with van der Waals surface area (Å²) >= 11 is 0. The number of carbonyl (C=O) groups is 3. The van der Waals surface area contributed by atoms with Crippen LogP contribution in [-0.4, -0.2) is 72.0 Å². The van der Waals surface area contributed by atoms with Gasteiger partial charge in [-0.25, -0.2) is 4.79 Å². The number of nitrogens with one attached hydrogen (secondary N) is 2. The van der Waals surface area contributed by atoms with Crippen molar-refractivity contribution < 1.29 is 19.1 Å². The van der Waals surface area contributed by atoms with Gasteiger partial charge in [0, 0.05) is 32.7 Å². The Labute approximate surface area is 244 Å². The fourth-order valence-corrected chi connectivity index (χ4v) is 5.63. The Morgan fingerprint density at radius 3 is 2.27 bits per heavy atom. The zero-order chi connectivity index (χ0) is 27.5. The van der Waals surface area contributed by atoms with E-state index in [1.54, 1.807) is 0 Å². The molecule has 0 bridgehead atoms. The van der Waals surface area contributed by atoms with Crippen molar-refractivity contribution in [2.75, 3.05) is 32.7 Å². The van der Waals surface area contributed by atoms with Gasteiger partial charge in [-0.1, -0.05) is 67.6 Å². The van der Waals surface area contributed by atoms with E-state index in [4.69, 9.17) is 4.74 Å². The van der Waals surface area contributed by atoms with Crippen LogP contribution in [0.3, 0.4) is 0 Å². The van der Waals surface area contributed by atoms with Gasteiger partial charge in [0.25, 0.3) is 0 Å². The fraction of sp³-hybridized carbons (Fsp3) is 0.516. The molecule has 4 rings (SSSR count). The molecule has 8 nitrogen and oxygen atoms in total. The number of likely N-dealkylation sites (tertiary alicyclic amines) is 1. The van der Waals surface area contributed by atoms with Crippen molar-refractivity contribution in [2.24, 2.45) is 0 Å². The number of rotatable bonds is 12. The number of alkyl carbamates (subject to hydrolysis) is 1. The Morgan fingerprint density at radius 1 is 0.975 bits per heavy atom. The third kappa shape index (κ3) is 8.21. The van der Waals surface area contributed by atoms with Crippen LogP contribution in [0.2, 0.25) is 0 Å². The van der Waals surface area contributed by atoms with E-state index in [0.717, 1.165) is 44.5 Å². The first-order valence-corrected chi connectivity index (χ1v) is 14.3. The van der Waals surface area contributed by atoms with Gasteiger partial charge in [0.15, 0.2) is 0 Å². The highest BCUT2D eigenvalue weighted by Crippen LogP contribution is 2.34. The number of ether oxygens (including phenoxy) is 1. The van der Waals surface area contributed by atoms with Crippen LogP contribution in [0.1, 0.15) is 56.6 Å². The second kappa shape index (κ2) is 15.6. The normalized spacial score (nSPS) is 18.6. The predicted octanol–water partition coefficient (Wildman–Crippen LogP) is 4.32. The minimum absolute atomic E-state index is 0. The average Bonchev–Trinajstić information content (AvgIpc) is 2.97. The number of amides is 3. The number of carbonyl (C=O) groups excluding carboxylic acids is 3. The molecule has 3 amide bonds. The monoisotopic (exact) mass is 570 g/mol. The van der Waals surface area contributed by atoms with E-state index >= 15 is 0 Å². The van der Waals surface area contributed by atoms with E-state index in [1.165, 1.54) is 5.56 Å². The van der Waals surface area contributed by atoms with Gasteiger partial charge < -0.3 is 25.2 Å². The molecule has 1 spiro atoms. The summed E-state index contributed by atoms with van der Waals surface area (Å²) < 4.78 is 5.23.